The molecule has 0 N–H and O–H groups in total. The number of hydrogen-bond acceptors (Lipinski definition) is 3. The molecule has 0 saturated carbocycles. The van der Waals surface area contributed by atoms with Gasteiger partial charge >= 0.3 is 0 Å². The van der Waals surface area contributed by atoms with Crippen molar-refractivity contribution in [3.63, 3.8) is 0 Å². The molecule has 2 rings (SSSR count). The van der Waals surface area contributed by atoms with Crippen molar-refractivity contribution >= 4 is 15.9 Å². The summed E-state index contributed by atoms with van der Waals surface area (Å²) in [5.74, 6) is 1.63. The lowest BCUT2D eigenvalue weighted by atomic mass is 10.1. The third-order valence-corrected chi connectivity index (χ3v) is 3.68. The summed E-state index contributed by atoms with van der Waals surface area (Å²) < 4.78 is 10.8. The van der Waals surface area contributed by atoms with Gasteiger partial charge in [0.2, 0.25) is 0 Å². The van der Waals surface area contributed by atoms with E-state index in [1.165, 1.54) is 0 Å². The molecule has 0 fully saturated rings. The lowest BCUT2D eigenvalue weighted by Gasteiger charge is -2.17. The van der Waals surface area contributed by atoms with E-state index in [0.717, 1.165) is 29.2 Å². The smallest absolute Gasteiger partial charge is 0.126 e. The van der Waals surface area contributed by atoms with Crippen LogP contribution in [0.2, 0.25) is 0 Å². The standard InChI is InChI=1S/C15H16BrNO2/c1-18-13-7-5-8-14(19-2)15(13)12(16)10-11-6-3-4-9-17-11/h3-9,12H,10H2,1-2H3. The zero-order chi connectivity index (χ0) is 13.7. The summed E-state index contributed by atoms with van der Waals surface area (Å²) >= 11 is 3.71. The van der Waals surface area contributed by atoms with Crippen LogP contribution in [0.4, 0.5) is 0 Å². The minimum atomic E-state index is 0.0912. The zero-order valence-electron chi connectivity index (χ0n) is 11.0. The van der Waals surface area contributed by atoms with E-state index in [-0.39, 0.29) is 4.83 Å². The first-order valence-electron chi connectivity index (χ1n) is 6.01. The van der Waals surface area contributed by atoms with Crippen LogP contribution in [-0.4, -0.2) is 19.2 Å². The van der Waals surface area contributed by atoms with E-state index in [9.17, 15) is 0 Å². The predicted molar refractivity (Wildman–Crippen MR) is 79.2 cm³/mol. The van der Waals surface area contributed by atoms with Crippen molar-refractivity contribution in [2.24, 2.45) is 0 Å². The maximum Gasteiger partial charge on any atom is 0.126 e. The molecule has 100 valence electrons. The van der Waals surface area contributed by atoms with Crippen molar-refractivity contribution in [3.05, 3.63) is 53.9 Å². The third kappa shape index (κ3) is 3.26. The maximum atomic E-state index is 5.42. The molecule has 1 aromatic carbocycles. The minimum Gasteiger partial charge on any atom is -0.496 e. The Hall–Kier alpha value is -1.55. The molecule has 0 bridgehead atoms. The molecule has 1 aromatic heterocycles. The first kappa shape index (κ1) is 13.9. The molecule has 2 aromatic rings. The summed E-state index contributed by atoms with van der Waals surface area (Å²) in [4.78, 5) is 4.43. The van der Waals surface area contributed by atoms with E-state index < -0.39 is 0 Å². The number of aromatic nitrogens is 1. The molecule has 0 aliphatic rings. The van der Waals surface area contributed by atoms with Gasteiger partial charge in [0, 0.05) is 18.3 Å². The number of benzene rings is 1. The van der Waals surface area contributed by atoms with Crippen molar-refractivity contribution in [1.29, 1.82) is 0 Å². The van der Waals surface area contributed by atoms with Gasteiger partial charge in [-0.3, -0.25) is 4.98 Å². The largest absolute Gasteiger partial charge is 0.496 e. The highest BCUT2D eigenvalue weighted by molar-refractivity contribution is 9.09. The van der Waals surface area contributed by atoms with Crippen LogP contribution >= 0.6 is 15.9 Å². The van der Waals surface area contributed by atoms with E-state index in [4.69, 9.17) is 9.47 Å². The molecule has 4 heteroatoms. The first-order valence-corrected chi connectivity index (χ1v) is 6.92. The van der Waals surface area contributed by atoms with Gasteiger partial charge in [-0.2, -0.15) is 0 Å². The second-order valence-electron chi connectivity index (χ2n) is 4.07. The molecule has 0 radical (unpaired) electrons. The van der Waals surface area contributed by atoms with Gasteiger partial charge in [0.1, 0.15) is 11.5 Å². The highest BCUT2D eigenvalue weighted by Gasteiger charge is 2.19. The van der Waals surface area contributed by atoms with Crippen molar-refractivity contribution in [2.45, 2.75) is 11.2 Å². The van der Waals surface area contributed by atoms with Gasteiger partial charge in [-0.15, -0.1) is 0 Å². The Morgan fingerprint density at radius 2 is 1.74 bits per heavy atom. The molecule has 0 spiro atoms. The Morgan fingerprint density at radius 3 is 2.26 bits per heavy atom. The van der Waals surface area contributed by atoms with Crippen molar-refractivity contribution < 1.29 is 9.47 Å². The fourth-order valence-corrected chi connectivity index (χ4v) is 2.78. The Labute approximate surface area is 121 Å². The molecule has 3 nitrogen and oxygen atoms in total. The Bertz CT molecular complexity index is 509. The van der Waals surface area contributed by atoms with Crippen LogP contribution in [0.5, 0.6) is 11.5 Å². The average molecular weight is 322 g/mol. The van der Waals surface area contributed by atoms with Gasteiger partial charge in [-0.05, 0) is 24.3 Å². The van der Waals surface area contributed by atoms with Crippen LogP contribution in [0, 0.1) is 0 Å². The van der Waals surface area contributed by atoms with E-state index in [0.29, 0.717) is 0 Å². The molecule has 0 aliphatic heterocycles. The van der Waals surface area contributed by atoms with Crippen molar-refractivity contribution in [3.8, 4) is 11.5 Å². The van der Waals surface area contributed by atoms with Crippen molar-refractivity contribution in [2.75, 3.05) is 14.2 Å². The van der Waals surface area contributed by atoms with E-state index in [1.54, 1.807) is 20.4 Å². The van der Waals surface area contributed by atoms with Gasteiger partial charge in [-0.25, -0.2) is 0 Å². The molecule has 1 unspecified atom stereocenters. The topological polar surface area (TPSA) is 31.4 Å². The summed E-state index contributed by atoms with van der Waals surface area (Å²) in [6.07, 6.45) is 2.58. The van der Waals surface area contributed by atoms with E-state index in [2.05, 4.69) is 20.9 Å². The number of alkyl halides is 1. The van der Waals surface area contributed by atoms with Gasteiger partial charge in [-0.1, -0.05) is 28.1 Å². The van der Waals surface area contributed by atoms with Crippen LogP contribution in [-0.2, 0) is 6.42 Å². The normalized spacial score (nSPS) is 11.9. The van der Waals surface area contributed by atoms with Gasteiger partial charge in [0.15, 0.2) is 0 Å². The number of nitrogens with zero attached hydrogens (tertiary/aromatic N) is 1. The summed E-state index contributed by atoms with van der Waals surface area (Å²) in [5, 5.41) is 0. The quantitative estimate of drug-likeness (QED) is 0.785. The SMILES string of the molecule is COc1cccc(OC)c1C(Br)Cc1ccccn1. The third-order valence-electron chi connectivity index (χ3n) is 2.89. The number of halogens is 1. The molecular weight excluding hydrogens is 306 g/mol. The highest BCUT2D eigenvalue weighted by Crippen LogP contribution is 2.39. The lowest BCUT2D eigenvalue weighted by molar-refractivity contribution is 0.385. The summed E-state index contributed by atoms with van der Waals surface area (Å²) in [5.41, 5.74) is 2.04. The van der Waals surface area contributed by atoms with Crippen molar-refractivity contribution in [1.82, 2.24) is 4.98 Å². The van der Waals surface area contributed by atoms with E-state index in [1.807, 2.05) is 36.4 Å². The molecular formula is C15H16BrNO2. The monoisotopic (exact) mass is 321 g/mol. The lowest BCUT2D eigenvalue weighted by Crippen LogP contribution is -2.02. The molecule has 19 heavy (non-hydrogen) atoms. The molecule has 1 atom stereocenters. The zero-order valence-corrected chi connectivity index (χ0v) is 12.6. The molecule has 0 amide bonds. The van der Waals surface area contributed by atoms with Gasteiger partial charge in [0.05, 0.1) is 24.6 Å². The fraction of sp³-hybridized carbons (Fsp3) is 0.267. The van der Waals surface area contributed by atoms with Crippen LogP contribution < -0.4 is 9.47 Å². The summed E-state index contributed by atoms with van der Waals surface area (Å²) in [7, 11) is 3.33. The van der Waals surface area contributed by atoms with Gasteiger partial charge < -0.3 is 9.47 Å². The molecule has 0 saturated heterocycles. The van der Waals surface area contributed by atoms with Crippen LogP contribution in [0.15, 0.2) is 42.6 Å². The number of pyridine rings is 1. The molecule has 1 heterocycles. The van der Waals surface area contributed by atoms with E-state index >= 15 is 0 Å². The van der Waals surface area contributed by atoms with Crippen LogP contribution in [0.25, 0.3) is 0 Å². The van der Waals surface area contributed by atoms with Crippen LogP contribution in [0.1, 0.15) is 16.1 Å². The number of hydrogen-bond donors (Lipinski definition) is 0. The Balaban J connectivity index is 2.30. The minimum absolute atomic E-state index is 0.0912. The average Bonchev–Trinajstić information content (AvgIpc) is 2.47. The summed E-state index contributed by atoms with van der Waals surface area (Å²) in [6, 6.07) is 11.7. The number of rotatable bonds is 5. The fourth-order valence-electron chi connectivity index (χ4n) is 1.99. The second-order valence-corrected chi connectivity index (χ2v) is 5.17. The highest BCUT2D eigenvalue weighted by atomic mass is 79.9. The first-order chi connectivity index (χ1) is 9.26. The summed E-state index contributed by atoms with van der Waals surface area (Å²) in [6.45, 7) is 0. The Morgan fingerprint density at radius 1 is 1.05 bits per heavy atom. The molecule has 0 aliphatic carbocycles. The Kier molecular flexibility index (Phi) is 4.80. The predicted octanol–water partition coefficient (Wildman–Crippen LogP) is 3.78. The number of ether oxygens (including phenoxy) is 2. The van der Waals surface area contributed by atoms with Gasteiger partial charge in [0.25, 0.3) is 0 Å². The maximum absolute atomic E-state index is 5.42. The van der Waals surface area contributed by atoms with Crippen LogP contribution in [0.3, 0.4) is 0 Å². The second kappa shape index (κ2) is 6.57. The number of methoxy groups -OCH3 is 2.